The zero-order chi connectivity index (χ0) is 20.8. The van der Waals surface area contributed by atoms with Crippen molar-refractivity contribution in [3.05, 3.63) is 91.0 Å². The van der Waals surface area contributed by atoms with Crippen LogP contribution in [0, 0.1) is 0 Å². The SMILES string of the molecule is O=C(CNC(=O)c1nccc2ccccc12)Nc1ccc(Oc2ccncc2)cc1. The maximum atomic E-state index is 12.5. The molecule has 2 N–H and O–H groups in total. The number of nitrogens with one attached hydrogen (secondary N) is 2. The standard InChI is InChI=1S/C23H18N4O3/c28-21(15-26-23(29)22-20-4-2-1-3-16(20)9-14-25-22)27-17-5-7-18(8-6-17)30-19-10-12-24-13-11-19/h1-14H,15H2,(H,26,29)(H,27,28). The molecule has 2 amide bonds. The van der Waals surface area contributed by atoms with Crippen LogP contribution < -0.4 is 15.4 Å². The molecule has 4 rings (SSSR count). The van der Waals surface area contributed by atoms with E-state index in [2.05, 4.69) is 20.6 Å². The molecule has 0 radical (unpaired) electrons. The molecule has 148 valence electrons. The van der Waals surface area contributed by atoms with Gasteiger partial charge in [-0.25, -0.2) is 0 Å². The van der Waals surface area contributed by atoms with Crippen LogP contribution in [0.15, 0.2) is 85.3 Å². The molecule has 7 heteroatoms. The van der Waals surface area contributed by atoms with Crippen molar-refractivity contribution in [1.82, 2.24) is 15.3 Å². The third-order valence-electron chi connectivity index (χ3n) is 4.32. The highest BCUT2D eigenvalue weighted by molar-refractivity contribution is 6.06. The molecule has 0 spiro atoms. The normalized spacial score (nSPS) is 10.4. The minimum atomic E-state index is -0.400. The highest BCUT2D eigenvalue weighted by atomic mass is 16.5. The van der Waals surface area contributed by atoms with Crippen LogP contribution in [0.4, 0.5) is 5.69 Å². The Morgan fingerprint density at radius 2 is 1.57 bits per heavy atom. The second-order valence-electron chi connectivity index (χ2n) is 6.42. The molecule has 0 aliphatic rings. The first-order valence-electron chi connectivity index (χ1n) is 9.29. The largest absolute Gasteiger partial charge is 0.457 e. The maximum absolute atomic E-state index is 12.5. The summed E-state index contributed by atoms with van der Waals surface area (Å²) in [6.07, 6.45) is 4.87. The summed E-state index contributed by atoms with van der Waals surface area (Å²) in [6, 6.07) is 19.7. The number of anilines is 1. The van der Waals surface area contributed by atoms with Crippen molar-refractivity contribution in [2.75, 3.05) is 11.9 Å². The van der Waals surface area contributed by atoms with E-state index < -0.39 is 5.91 Å². The lowest BCUT2D eigenvalue weighted by molar-refractivity contribution is -0.115. The molecule has 0 atom stereocenters. The second-order valence-corrected chi connectivity index (χ2v) is 6.42. The number of carbonyl (C=O) groups is 2. The van der Waals surface area contributed by atoms with Gasteiger partial charge in [-0.1, -0.05) is 24.3 Å². The minimum Gasteiger partial charge on any atom is -0.457 e. The molecular formula is C23H18N4O3. The van der Waals surface area contributed by atoms with Crippen LogP contribution in [0.3, 0.4) is 0 Å². The second kappa shape index (κ2) is 8.83. The lowest BCUT2D eigenvalue weighted by Gasteiger charge is -2.09. The van der Waals surface area contributed by atoms with Crippen molar-refractivity contribution in [3.63, 3.8) is 0 Å². The number of benzene rings is 2. The maximum Gasteiger partial charge on any atom is 0.270 e. The van der Waals surface area contributed by atoms with E-state index in [1.165, 1.54) is 0 Å². The fourth-order valence-electron chi connectivity index (χ4n) is 2.90. The number of aromatic nitrogens is 2. The van der Waals surface area contributed by atoms with Crippen LogP contribution in [-0.2, 0) is 4.79 Å². The Morgan fingerprint density at radius 1 is 0.833 bits per heavy atom. The smallest absolute Gasteiger partial charge is 0.270 e. The fraction of sp³-hybridized carbons (Fsp3) is 0.0435. The lowest BCUT2D eigenvalue weighted by Crippen LogP contribution is -2.33. The quantitative estimate of drug-likeness (QED) is 0.515. The Hall–Kier alpha value is -4.26. The molecule has 0 bridgehead atoms. The Bertz CT molecular complexity index is 1170. The Morgan fingerprint density at radius 3 is 2.37 bits per heavy atom. The molecule has 4 aromatic rings. The molecule has 0 saturated carbocycles. The van der Waals surface area contributed by atoms with Gasteiger partial charge < -0.3 is 15.4 Å². The fourth-order valence-corrected chi connectivity index (χ4v) is 2.90. The molecule has 0 fully saturated rings. The summed E-state index contributed by atoms with van der Waals surface area (Å²) in [7, 11) is 0. The van der Waals surface area contributed by atoms with Crippen molar-refractivity contribution >= 4 is 28.3 Å². The monoisotopic (exact) mass is 398 g/mol. The van der Waals surface area contributed by atoms with Gasteiger partial charge in [-0.3, -0.25) is 19.6 Å². The number of nitrogens with zero attached hydrogens (tertiary/aromatic N) is 2. The van der Waals surface area contributed by atoms with Gasteiger partial charge in [0.25, 0.3) is 5.91 Å². The van der Waals surface area contributed by atoms with E-state index in [0.717, 1.165) is 10.8 Å². The van der Waals surface area contributed by atoms with E-state index in [1.54, 1.807) is 55.0 Å². The van der Waals surface area contributed by atoms with Gasteiger partial charge in [0.15, 0.2) is 0 Å². The van der Waals surface area contributed by atoms with Gasteiger partial charge in [0.1, 0.15) is 17.2 Å². The Balaban J connectivity index is 1.33. The number of hydrogen-bond acceptors (Lipinski definition) is 5. The summed E-state index contributed by atoms with van der Waals surface area (Å²) in [6.45, 7) is -0.168. The number of fused-ring (bicyclic) bond motifs is 1. The lowest BCUT2D eigenvalue weighted by atomic mass is 10.1. The Kier molecular flexibility index (Phi) is 5.61. The summed E-state index contributed by atoms with van der Waals surface area (Å²) in [5.41, 5.74) is 0.887. The predicted octanol–water partition coefficient (Wildman–Crippen LogP) is 3.79. The van der Waals surface area contributed by atoms with Crippen LogP contribution in [0.2, 0.25) is 0 Å². The van der Waals surface area contributed by atoms with Crippen molar-refractivity contribution in [2.45, 2.75) is 0 Å². The first-order valence-corrected chi connectivity index (χ1v) is 9.29. The third-order valence-corrected chi connectivity index (χ3v) is 4.32. The van der Waals surface area contributed by atoms with Crippen molar-refractivity contribution in [2.24, 2.45) is 0 Å². The van der Waals surface area contributed by atoms with Crippen LogP contribution in [0.1, 0.15) is 10.5 Å². The number of amides is 2. The minimum absolute atomic E-state index is 0.168. The molecule has 2 heterocycles. The number of ether oxygens (including phenoxy) is 1. The molecule has 0 aliphatic heterocycles. The summed E-state index contributed by atoms with van der Waals surface area (Å²) in [5, 5.41) is 7.00. The number of pyridine rings is 2. The topological polar surface area (TPSA) is 93.2 Å². The number of carbonyl (C=O) groups excluding carboxylic acids is 2. The van der Waals surface area contributed by atoms with E-state index in [1.807, 2.05) is 30.3 Å². The summed E-state index contributed by atoms with van der Waals surface area (Å²) < 4.78 is 5.68. The van der Waals surface area contributed by atoms with Crippen LogP contribution in [-0.4, -0.2) is 28.3 Å². The van der Waals surface area contributed by atoms with E-state index in [4.69, 9.17) is 4.74 Å². The number of rotatable bonds is 6. The molecule has 0 saturated heterocycles. The van der Waals surface area contributed by atoms with Gasteiger partial charge in [0, 0.05) is 29.7 Å². The van der Waals surface area contributed by atoms with Gasteiger partial charge in [-0.15, -0.1) is 0 Å². The molecule has 0 unspecified atom stereocenters. The third kappa shape index (κ3) is 4.59. The summed E-state index contributed by atoms with van der Waals surface area (Å²) >= 11 is 0. The van der Waals surface area contributed by atoms with E-state index in [9.17, 15) is 9.59 Å². The molecule has 2 aromatic carbocycles. The van der Waals surface area contributed by atoms with Crippen molar-refractivity contribution in [1.29, 1.82) is 0 Å². The molecule has 7 nitrogen and oxygen atoms in total. The molecular weight excluding hydrogens is 380 g/mol. The van der Waals surface area contributed by atoms with Crippen LogP contribution in [0.5, 0.6) is 11.5 Å². The molecule has 30 heavy (non-hydrogen) atoms. The van der Waals surface area contributed by atoms with Gasteiger partial charge in [0.2, 0.25) is 5.91 Å². The zero-order valence-corrected chi connectivity index (χ0v) is 15.9. The number of hydrogen-bond donors (Lipinski definition) is 2. The van der Waals surface area contributed by atoms with Gasteiger partial charge in [-0.2, -0.15) is 0 Å². The van der Waals surface area contributed by atoms with Crippen LogP contribution >= 0.6 is 0 Å². The summed E-state index contributed by atoms with van der Waals surface area (Å²) in [4.78, 5) is 32.8. The highest BCUT2D eigenvalue weighted by Crippen LogP contribution is 2.22. The van der Waals surface area contributed by atoms with E-state index >= 15 is 0 Å². The Labute approximate surface area is 172 Å². The average Bonchev–Trinajstić information content (AvgIpc) is 2.79. The zero-order valence-electron chi connectivity index (χ0n) is 15.9. The van der Waals surface area contributed by atoms with Crippen molar-refractivity contribution in [3.8, 4) is 11.5 Å². The van der Waals surface area contributed by atoms with Gasteiger partial charge in [0.05, 0.1) is 6.54 Å². The average molecular weight is 398 g/mol. The van der Waals surface area contributed by atoms with E-state index in [0.29, 0.717) is 22.9 Å². The first-order chi connectivity index (χ1) is 14.7. The predicted molar refractivity (Wildman–Crippen MR) is 113 cm³/mol. The van der Waals surface area contributed by atoms with Crippen molar-refractivity contribution < 1.29 is 14.3 Å². The molecule has 2 aromatic heterocycles. The van der Waals surface area contributed by atoms with Gasteiger partial charge >= 0.3 is 0 Å². The van der Waals surface area contributed by atoms with E-state index in [-0.39, 0.29) is 12.5 Å². The van der Waals surface area contributed by atoms with Gasteiger partial charge in [-0.05, 0) is 47.9 Å². The summed E-state index contributed by atoms with van der Waals surface area (Å²) in [5.74, 6) is 0.565. The first kappa shape index (κ1) is 19.1. The van der Waals surface area contributed by atoms with Crippen LogP contribution in [0.25, 0.3) is 10.8 Å². The highest BCUT2D eigenvalue weighted by Gasteiger charge is 2.13. The molecule has 0 aliphatic carbocycles.